The molecule has 1 aromatic carbocycles. The van der Waals surface area contributed by atoms with Crippen LogP contribution in [0, 0.1) is 16.7 Å². The molecule has 0 fully saturated rings. The average Bonchev–Trinajstić information content (AvgIpc) is 2.50. The second kappa shape index (κ2) is 3.84. The lowest BCUT2D eigenvalue weighted by molar-refractivity contribution is -0.137. The summed E-state index contributed by atoms with van der Waals surface area (Å²) in [5, 5.41) is 8.69. The van der Waals surface area contributed by atoms with E-state index in [1.165, 1.54) is 6.07 Å². The van der Waals surface area contributed by atoms with E-state index in [0.717, 1.165) is 12.1 Å². The number of rotatable bonds is 1. The van der Waals surface area contributed by atoms with Gasteiger partial charge in [-0.3, -0.25) is 4.79 Å². The first-order valence-electron chi connectivity index (χ1n) is 5.40. The van der Waals surface area contributed by atoms with E-state index in [0.29, 0.717) is 11.1 Å². The molecule has 0 spiro atoms. The number of carbonyl (C=O) groups is 1. The van der Waals surface area contributed by atoms with Crippen LogP contribution >= 0.6 is 0 Å². The van der Waals surface area contributed by atoms with Gasteiger partial charge in [-0.2, -0.15) is 18.4 Å². The molecular weight excluding hydrogens is 243 g/mol. The molecule has 1 aromatic rings. The van der Waals surface area contributed by atoms with Crippen molar-refractivity contribution in [3.8, 4) is 6.07 Å². The van der Waals surface area contributed by atoms with Gasteiger partial charge in [0.15, 0.2) is 5.78 Å². The quantitative estimate of drug-likeness (QED) is 0.769. The Labute approximate surface area is 102 Å². The maximum Gasteiger partial charge on any atom is 0.416 e. The molecule has 0 heterocycles. The number of hydrogen-bond donors (Lipinski definition) is 0. The Bertz CT molecular complexity index is 556. The van der Waals surface area contributed by atoms with Crippen molar-refractivity contribution in [2.45, 2.75) is 25.9 Å². The molecule has 18 heavy (non-hydrogen) atoms. The Morgan fingerprint density at radius 2 is 2.11 bits per heavy atom. The SMILES string of the molecule is CC1(CC#N)Cc2cc(C(F)(F)F)ccc2C1=O. The summed E-state index contributed by atoms with van der Waals surface area (Å²) in [6.07, 6.45) is -4.20. The van der Waals surface area contributed by atoms with Crippen LogP contribution in [0.1, 0.15) is 34.8 Å². The molecule has 1 atom stereocenters. The molecule has 0 saturated carbocycles. The van der Waals surface area contributed by atoms with Crippen molar-refractivity contribution in [1.82, 2.24) is 0 Å². The van der Waals surface area contributed by atoms with Gasteiger partial charge in [-0.1, -0.05) is 13.0 Å². The number of nitriles is 1. The van der Waals surface area contributed by atoms with Gasteiger partial charge in [0, 0.05) is 17.4 Å². The Morgan fingerprint density at radius 1 is 1.44 bits per heavy atom. The fraction of sp³-hybridized carbons (Fsp3) is 0.385. The van der Waals surface area contributed by atoms with E-state index in [9.17, 15) is 18.0 Å². The molecule has 0 radical (unpaired) electrons. The third kappa shape index (κ3) is 1.88. The van der Waals surface area contributed by atoms with E-state index in [2.05, 4.69) is 0 Å². The van der Waals surface area contributed by atoms with Gasteiger partial charge >= 0.3 is 6.18 Å². The lowest BCUT2D eigenvalue weighted by Gasteiger charge is -2.16. The van der Waals surface area contributed by atoms with Crippen molar-refractivity contribution < 1.29 is 18.0 Å². The molecule has 1 aliphatic rings. The molecule has 0 bridgehead atoms. The summed E-state index contributed by atoms with van der Waals surface area (Å²) in [6, 6.07) is 5.05. The summed E-state index contributed by atoms with van der Waals surface area (Å²) < 4.78 is 37.7. The summed E-state index contributed by atoms with van der Waals surface area (Å²) in [6.45, 7) is 1.62. The van der Waals surface area contributed by atoms with E-state index in [-0.39, 0.29) is 18.6 Å². The van der Waals surface area contributed by atoms with E-state index in [1.54, 1.807) is 6.92 Å². The normalized spacial score (nSPS) is 22.7. The van der Waals surface area contributed by atoms with Gasteiger partial charge in [-0.25, -0.2) is 0 Å². The molecule has 1 unspecified atom stereocenters. The number of benzene rings is 1. The monoisotopic (exact) mass is 253 g/mol. The standard InChI is InChI=1S/C13H10F3NO/c1-12(4-5-17)7-8-6-9(13(14,15)16)2-3-10(8)11(12)18/h2-3,6H,4,7H2,1H3. The highest BCUT2D eigenvalue weighted by molar-refractivity contribution is 6.04. The molecule has 0 aromatic heterocycles. The fourth-order valence-corrected chi connectivity index (χ4v) is 2.28. The molecule has 2 rings (SSSR count). The maximum absolute atomic E-state index is 12.6. The second-order valence-electron chi connectivity index (χ2n) is 4.77. The Hall–Kier alpha value is -1.83. The van der Waals surface area contributed by atoms with Gasteiger partial charge in [-0.05, 0) is 24.1 Å². The van der Waals surface area contributed by atoms with Crippen LogP contribution in [0.5, 0.6) is 0 Å². The zero-order chi connectivity index (χ0) is 13.6. The third-order valence-electron chi connectivity index (χ3n) is 3.28. The maximum atomic E-state index is 12.6. The average molecular weight is 253 g/mol. The molecule has 0 saturated heterocycles. The van der Waals surface area contributed by atoms with Crippen molar-refractivity contribution in [2.24, 2.45) is 5.41 Å². The molecule has 5 heteroatoms. The predicted molar refractivity (Wildman–Crippen MR) is 57.8 cm³/mol. The first-order valence-corrected chi connectivity index (χ1v) is 5.40. The molecule has 94 valence electrons. The molecule has 2 nitrogen and oxygen atoms in total. The third-order valence-corrected chi connectivity index (χ3v) is 3.28. The number of alkyl halides is 3. The Balaban J connectivity index is 2.45. The van der Waals surface area contributed by atoms with E-state index < -0.39 is 17.2 Å². The summed E-state index contributed by atoms with van der Waals surface area (Å²) in [7, 11) is 0. The number of hydrogen-bond acceptors (Lipinski definition) is 2. The van der Waals surface area contributed by atoms with Crippen LogP contribution in [0.4, 0.5) is 13.2 Å². The number of ketones is 1. The van der Waals surface area contributed by atoms with Crippen LogP contribution in [0.2, 0.25) is 0 Å². The lowest BCUT2D eigenvalue weighted by Crippen LogP contribution is -2.23. The van der Waals surface area contributed by atoms with E-state index >= 15 is 0 Å². The predicted octanol–water partition coefficient (Wildman–Crippen LogP) is 3.36. The van der Waals surface area contributed by atoms with Crippen molar-refractivity contribution in [3.05, 3.63) is 34.9 Å². The highest BCUT2D eigenvalue weighted by Crippen LogP contribution is 2.41. The zero-order valence-corrected chi connectivity index (χ0v) is 9.64. The van der Waals surface area contributed by atoms with Crippen LogP contribution in [-0.2, 0) is 12.6 Å². The first-order chi connectivity index (χ1) is 8.28. The van der Waals surface area contributed by atoms with Crippen molar-refractivity contribution in [3.63, 3.8) is 0 Å². The smallest absolute Gasteiger partial charge is 0.294 e. The largest absolute Gasteiger partial charge is 0.416 e. The van der Waals surface area contributed by atoms with Gasteiger partial charge in [-0.15, -0.1) is 0 Å². The number of Topliss-reactive ketones (excluding diaryl/α,β-unsaturated/α-hetero) is 1. The molecule has 0 amide bonds. The molecule has 0 aliphatic heterocycles. The summed E-state index contributed by atoms with van der Waals surface area (Å²) in [4.78, 5) is 12.0. The fourth-order valence-electron chi connectivity index (χ4n) is 2.28. The summed E-state index contributed by atoms with van der Waals surface area (Å²) in [5.74, 6) is -0.243. The van der Waals surface area contributed by atoms with E-state index in [1.807, 2.05) is 6.07 Å². The van der Waals surface area contributed by atoms with Gasteiger partial charge < -0.3 is 0 Å². The van der Waals surface area contributed by atoms with Crippen LogP contribution < -0.4 is 0 Å². The topological polar surface area (TPSA) is 40.9 Å². The molecular formula is C13H10F3NO. The van der Waals surface area contributed by atoms with Crippen LogP contribution in [0.15, 0.2) is 18.2 Å². The van der Waals surface area contributed by atoms with Gasteiger partial charge in [0.25, 0.3) is 0 Å². The number of halogens is 3. The van der Waals surface area contributed by atoms with Gasteiger partial charge in [0.2, 0.25) is 0 Å². The van der Waals surface area contributed by atoms with Gasteiger partial charge in [0.1, 0.15) is 0 Å². The Morgan fingerprint density at radius 3 is 2.67 bits per heavy atom. The minimum Gasteiger partial charge on any atom is -0.294 e. The summed E-state index contributed by atoms with van der Waals surface area (Å²) >= 11 is 0. The van der Waals surface area contributed by atoms with Crippen LogP contribution in [0.25, 0.3) is 0 Å². The van der Waals surface area contributed by atoms with Crippen molar-refractivity contribution >= 4 is 5.78 Å². The molecule has 0 N–H and O–H groups in total. The highest BCUT2D eigenvalue weighted by atomic mass is 19.4. The number of fused-ring (bicyclic) bond motifs is 1. The minimum atomic E-state index is -4.41. The van der Waals surface area contributed by atoms with Crippen molar-refractivity contribution in [2.75, 3.05) is 0 Å². The lowest BCUT2D eigenvalue weighted by atomic mass is 9.83. The van der Waals surface area contributed by atoms with Gasteiger partial charge in [0.05, 0.1) is 11.6 Å². The Kier molecular flexibility index (Phi) is 2.69. The number of nitrogens with zero attached hydrogens (tertiary/aromatic N) is 1. The minimum absolute atomic E-state index is 0.0157. The number of carbonyl (C=O) groups excluding carboxylic acids is 1. The highest BCUT2D eigenvalue weighted by Gasteiger charge is 2.42. The van der Waals surface area contributed by atoms with Crippen LogP contribution in [-0.4, -0.2) is 5.78 Å². The van der Waals surface area contributed by atoms with Crippen LogP contribution in [0.3, 0.4) is 0 Å². The van der Waals surface area contributed by atoms with Crippen molar-refractivity contribution in [1.29, 1.82) is 5.26 Å². The summed E-state index contributed by atoms with van der Waals surface area (Å²) in [5.41, 5.74) is -0.954. The zero-order valence-electron chi connectivity index (χ0n) is 9.64. The van der Waals surface area contributed by atoms with E-state index in [4.69, 9.17) is 5.26 Å². The molecule has 1 aliphatic carbocycles. The first kappa shape index (κ1) is 12.6. The second-order valence-corrected chi connectivity index (χ2v) is 4.77.